The molecule has 1 aliphatic carbocycles. The molecule has 2 amide bonds. The first kappa shape index (κ1) is 15.5. The molecule has 0 spiro atoms. The van der Waals surface area contributed by atoms with Crippen molar-refractivity contribution < 1.29 is 14.5 Å². The monoisotopic (exact) mass is 290 g/mol. The lowest BCUT2D eigenvalue weighted by molar-refractivity contribution is -0.885. The zero-order chi connectivity index (χ0) is 15.4. The van der Waals surface area contributed by atoms with Crippen LogP contribution in [0.2, 0.25) is 0 Å². The molecule has 1 aromatic rings. The molecule has 2 atom stereocenters. The Kier molecular flexibility index (Phi) is 4.96. The maximum Gasteiger partial charge on any atom is 0.279 e. The van der Waals surface area contributed by atoms with Crippen LogP contribution < -0.4 is 15.5 Å². The number of amides is 2. The van der Waals surface area contributed by atoms with Crippen LogP contribution in [0.5, 0.6) is 0 Å². The number of aryl methyl sites for hydroxylation is 1. The van der Waals surface area contributed by atoms with E-state index in [1.165, 1.54) is 0 Å². The zero-order valence-electron chi connectivity index (χ0n) is 12.9. The molecule has 1 fully saturated rings. The SMILES string of the molecule is Cc1ccc(NC(=O)C[NH+](C)[C@H](C)C(=O)NC2CC2)cc1. The third kappa shape index (κ3) is 4.86. The summed E-state index contributed by atoms with van der Waals surface area (Å²) in [6.45, 7) is 4.13. The second-order valence-corrected chi connectivity index (χ2v) is 5.94. The number of quaternary nitrogens is 1. The number of hydrogen-bond acceptors (Lipinski definition) is 2. The van der Waals surface area contributed by atoms with Gasteiger partial charge in [-0.15, -0.1) is 0 Å². The number of rotatable bonds is 6. The second-order valence-electron chi connectivity index (χ2n) is 5.94. The van der Waals surface area contributed by atoms with Crippen LogP contribution in [-0.4, -0.2) is 37.5 Å². The summed E-state index contributed by atoms with van der Waals surface area (Å²) in [7, 11) is 1.87. The number of likely N-dealkylation sites (N-methyl/N-ethyl adjacent to an activating group) is 1. The first-order chi connectivity index (χ1) is 9.95. The minimum Gasteiger partial charge on any atom is -0.348 e. The molecule has 3 N–H and O–H groups in total. The van der Waals surface area contributed by atoms with E-state index in [2.05, 4.69) is 10.6 Å². The molecule has 5 heteroatoms. The summed E-state index contributed by atoms with van der Waals surface area (Å²) in [4.78, 5) is 24.8. The third-order valence-electron chi connectivity index (χ3n) is 3.83. The van der Waals surface area contributed by atoms with E-state index in [0.29, 0.717) is 6.04 Å². The molecule has 1 aromatic carbocycles. The van der Waals surface area contributed by atoms with Crippen LogP contribution >= 0.6 is 0 Å². The van der Waals surface area contributed by atoms with Gasteiger partial charge in [0.15, 0.2) is 12.6 Å². The van der Waals surface area contributed by atoms with Gasteiger partial charge in [0.2, 0.25) is 0 Å². The lowest BCUT2D eigenvalue weighted by Crippen LogP contribution is -3.15. The largest absolute Gasteiger partial charge is 0.348 e. The lowest BCUT2D eigenvalue weighted by Gasteiger charge is -2.20. The Bertz CT molecular complexity index is 509. The summed E-state index contributed by atoms with van der Waals surface area (Å²) >= 11 is 0. The Labute approximate surface area is 125 Å². The van der Waals surface area contributed by atoms with Gasteiger partial charge in [-0.05, 0) is 38.8 Å². The zero-order valence-corrected chi connectivity index (χ0v) is 12.9. The van der Waals surface area contributed by atoms with Gasteiger partial charge in [0, 0.05) is 11.7 Å². The summed E-state index contributed by atoms with van der Waals surface area (Å²) in [5, 5.41) is 5.83. The van der Waals surface area contributed by atoms with Gasteiger partial charge in [0.25, 0.3) is 11.8 Å². The Balaban J connectivity index is 1.80. The van der Waals surface area contributed by atoms with Gasteiger partial charge in [0.05, 0.1) is 7.05 Å². The van der Waals surface area contributed by atoms with Gasteiger partial charge >= 0.3 is 0 Å². The van der Waals surface area contributed by atoms with Gasteiger partial charge in [-0.3, -0.25) is 9.59 Å². The molecule has 0 aliphatic heterocycles. The first-order valence-electron chi connectivity index (χ1n) is 7.45. The predicted molar refractivity (Wildman–Crippen MR) is 82.2 cm³/mol. The standard InChI is InChI=1S/C16H23N3O2/c1-11-4-6-13(7-5-11)17-15(20)10-19(3)12(2)16(21)18-14-8-9-14/h4-7,12,14H,8-10H2,1-3H3,(H,17,20)(H,18,21)/p+1/t12-/m1/s1. The van der Waals surface area contributed by atoms with Crippen molar-refractivity contribution in [1.29, 1.82) is 0 Å². The fourth-order valence-corrected chi connectivity index (χ4v) is 2.03. The minimum atomic E-state index is -0.227. The Hall–Kier alpha value is -1.88. The van der Waals surface area contributed by atoms with Crippen LogP contribution in [0.1, 0.15) is 25.3 Å². The smallest absolute Gasteiger partial charge is 0.279 e. The van der Waals surface area contributed by atoms with Crippen LogP contribution in [-0.2, 0) is 9.59 Å². The van der Waals surface area contributed by atoms with E-state index in [4.69, 9.17) is 0 Å². The minimum absolute atomic E-state index is 0.0261. The quantitative estimate of drug-likeness (QED) is 0.696. The van der Waals surface area contributed by atoms with Crippen molar-refractivity contribution >= 4 is 17.5 Å². The number of hydrogen-bond donors (Lipinski definition) is 3. The van der Waals surface area contributed by atoms with E-state index < -0.39 is 0 Å². The molecule has 0 saturated heterocycles. The highest BCUT2D eigenvalue weighted by molar-refractivity contribution is 5.91. The van der Waals surface area contributed by atoms with Crippen molar-refractivity contribution in [3.8, 4) is 0 Å². The number of carbonyl (C=O) groups excluding carboxylic acids is 2. The van der Waals surface area contributed by atoms with Crippen molar-refractivity contribution in [3.05, 3.63) is 29.8 Å². The Morgan fingerprint density at radius 2 is 1.90 bits per heavy atom. The maximum atomic E-state index is 12.0. The van der Waals surface area contributed by atoms with Crippen LogP contribution in [0.15, 0.2) is 24.3 Å². The Morgan fingerprint density at radius 1 is 1.29 bits per heavy atom. The highest BCUT2D eigenvalue weighted by atomic mass is 16.2. The number of carbonyl (C=O) groups is 2. The second kappa shape index (κ2) is 6.72. The molecule has 114 valence electrons. The van der Waals surface area contributed by atoms with E-state index in [1.54, 1.807) is 0 Å². The normalized spacial score (nSPS) is 16.9. The van der Waals surface area contributed by atoms with Gasteiger partial charge in [-0.1, -0.05) is 17.7 Å². The topological polar surface area (TPSA) is 62.6 Å². The molecule has 21 heavy (non-hydrogen) atoms. The molecule has 2 rings (SSSR count). The van der Waals surface area contributed by atoms with E-state index in [0.717, 1.165) is 29.0 Å². The molecule has 5 nitrogen and oxygen atoms in total. The Morgan fingerprint density at radius 3 is 2.48 bits per heavy atom. The molecule has 1 aliphatic rings. The molecule has 0 radical (unpaired) electrons. The van der Waals surface area contributed by atoms with Crippen LogP contribution in [0.3, 0.4) is 0 Å². The molecule has 1 unspecified atom stereocenters. The van der Waals surface area contributed by atoms with E-state index in [-0.39, 0.29) is 24.4 Å². The van der Waals surface area contributed by atoms with Gasteiger partial charge in [-0.2, -0.15) is 0 Å². The lowest BCUT2D eigenvalue weighted by atomic mass is 10.2. The average Bonchev–Trinajstić information content (AvgIpc) is 3.24. The van der Waals surface area contributed by atoms with E-state index >= 15 is 0 Å². The highest BCUT2D eigenvalue weighted by Gasteiger charge is 2.29. The average molecular weight is 290 g/mol. The maximum absolute atomic E-state index is 12.0. The van der Waals surface area contributed by atoms with Gasteiger partial charge in [0.1, 0.15) is 0 Å². The van der Waals surface area contributed by atoms with Crippen LogP contribution in [0.25, 0.3) is 0 Å². The van der Waals surface area contributed by atoms with Crippen molar-refractivity contribution in [2.75, 3.05) is 18.9 Å². The summed E-state index contributed by atoms with van der Waals surface area (Å²) < 4.78 is 0. The molecule has 0 bridgehead atoms. The fraction of sp³-hybridized carbons (Fsp3) is 0.500. The van der Waals surface area contributed by atoms with Crippen LogP contribution in [0.4, 0.5) is 5.69 Å². The first-order valence-corrected chi connectivity index (χ1v) is 7.45. The fourth-order valence-electron chi connectivity index (χ4n) is 2.03. The van der Waals surface area contributed by atoms with Crippen molar-refractivity contribution in [2.24, 2.45) is 0 Å². The van der Waals surface area contributed by atoms with Gasteiger partial charge < -0.3 is 15.5 Å². The highest BCUT2D eigenvalue weighted by Crippen LogP contribution is 2.18. The van der Waals surface area contributed by atoms with Crippen molar-refractivity contribution in [3.63, 3.8) is 0 Å². The molecule has 0 aromatic heterocycles. The summed E-state index contributed by atoms with van der Waals surface area (Å²) in [5.41, 5.74) is 1.94. The van der Waals surface area contributed by atoms with E-state index in [9.17, 15) is 9.59 Å². The number of benzene rings is 1. The van der Waals surface area contributed by atoms with Gasteiger partial charge in [-0.25, -0.2) is 0 Å². The third-order valence-corrected chi connectivity index (χ3v) is 3.83. The van der Waals surface area contributed by atoms with Crippen LogP contribution in [0, 0.1) is 6.92 Å². The molecule has 0 heterocycles. The molecule has 1 saturated carbocycles. The van der Waals surface area contributed by atoms with E-state index in [1.807, 2.05) is 45.2 Å². The predicted octanol–water partition coefficient (Wildman–Crippen LogP) is 0.115. The molecular weight excluding hydrogens is 266 g/mol. The summed E-state index contributed by atoms with van der Waals surface area (Å²) in [5.74, 6) is -0.0550. The number of nitrogens with one attached hydrogen (secondary N) is 3. The summed E-state index contributed by atoms with van der Waals surface area (Å²) in [6.07, 6.45) is 2.15. The number of anilines is 1. The summed E-state index contributed by atoms with van der Waals surface area (Å²) in [6, 6.07) is 7.80. The van der Waals surface area contributed by atoms with Crippen molar-refractivity contribution in [2.45, 2.75) is 38.8 Å². The van der Waals surface area contributed by atoms with Crippen molar-refractivity contribution in [1.82, 2.24) is 5.32 Å². The molecular formula is C16H24N3O2+.